The molecule has 0 spiro atoms. The quantitative estimate of drug-likeness (QED) is 0.572. The number of nitro groups is 1. The van der Waals surface area contributed by atoms with Crippen LogP contribution in [0.1, 0.15) is 5.56 Å². The molecule has 1 aliphatic heterocycles. The summed E-state index contributed by atoms with van der Waals surface area (Å²) >= 11 is 0. The first kappa shape index (κ1) is 18.1. The Hall–Kier alpha value is -2.71. The van der Waals surface area contributed by atoms with Crippen LogP contribution in [0.3, 0.4) is 0 Å². The average Bonchev–Trinajstić information content (AvgIpc) is 2.68. The second-order valence-corrected chi connectivity index (χ2v) is 5.96. The van der Waals surface area contributed by atoms with Crippen molar-refractivity contribution in [3.05, 3.63) is 58.3 Å². The molecule has 0 amide bonds. The lowest BCUT2D eigenvalue weighted by Gasteiger charge is -2.26. The molecule has 0 atom stereocenters. The maximum Gasteiger partial charge on any atom is 0.287 e. The van der Waals surface area contributed by atoms with E-state index < -0.39 is 4.92 Å². The Kier molecular flexibility index (Phi) is 6.34. The van der Waals surface area contributed by atoms with Gasteiger partial charge < -0.3 is 14.8 Å². The van der Waals surface area contributed by atoms with E-state index in [1.165, 1.54) is 12.3 Å². The largest absolute Gasteiger partial charge is 0.492 e. The normalized spacial score (nSPS) is 14.8. The van der Waals surface area contributed by atoms with Crippen molar-refractivity contribution in [3.8, 4) is 5.75 Å². The van der Waals surface area contributed by atoms with Crippen molar-refractivity contribution in [1.29, 1.82) is 0 Å². The number of anilines is 1. The molecule has 0 bridgehead atoms. The number of nitrogens with one attached hydrogen (secondary N) is 1. The summed E-state index contributed by atoms with van der Waals surface area (Å²) < 4.78 is 11.2. The molecule has 1 fully saturated rings. The molecule has 0 unspecified atom stereocenters. The minimum Gasteiger partial charge on any atom is -0.492 e. The summed E-state index contributed by atoms with van der Waals surface area (Å²) in [7, 11) is 0. The molecule has 8 nitrogen and oxygen atoms in total. The van der Waals surface area contributed by atoms with Crippen LogP contribution in [0.4, 0.5) is 11.5 Å². The first-order chi connectivity index (χ1) is 12.7. The smallest absolute Gasteiger partial charge is 0.287 e. The summed E-state index contributed by atoms with van der Waals surface area (Å²) in [5.41, 5.74) is 1.03. The van der Waals surface area contributed by atoms with Gasteiger partial charge in [-0.15, -0.1) is 0 Å². The van der Waals surface area contributed by atoms with E-state index in [0.29, 0.717) is 19.0 Å². The molecule has 0 aliphatic carbocycles. The van der Waals surface area contributed by atoms with Gasteiger partial charge in [0.2, 0.25) is 0 Å². The highest BCUT2D eigenvalue weighted by Crippen LogP contribution is 2.16. The Morgan fingerprint density at radius 3 is 2.85 bits per heavy atom. The number of hydrogen-bond donors (Lipinski definition) is 1. The van der Waals surface area contributed by atoms with Gasteiger partial charge in [0.1, 0.15) is 24.4 Å². The second kappa shape index (κ2) is 9.12. The summed E-state index contributed by atoms with van der Waals surface area (Å²) in [5.74, 6) is 1.42. The number of nitrogens with zero attached hydrogens (tertiary/aromatic N) is 3. The number of aromatic nitrogens is 1. The monoisotopic (exact) mass is 358 g/mol. The third-order valence-corrected chi connectivity index (χ3v) is 4.11. The van der Waals surface area contributed by atoms with E-state index in [-0.39, 0.29) is 5.69 Å². The maximum atomic E-state index is 10.6. The van der Waals surface area contributed by atoms with E-state index >= 15 is 0 Å². The molecular formula is C18H22N4O4. The van der Waals surface area contributed by atoms with Gasteiger partial charge in [0.05, 0.1) is 18.1 Å². The van der Waals surface area contributed by atoms with Crippen LogP contribution in [0.25, 0.3) is 0 Å². The SMILES string of the molecule is O=[N+]([O-])c1ccc(NCc2cccc(OCCN3CCOCC3)c2)nc1. The van der Waals surface area contributed by atoms with Crippen molar-refractivity contribution < 1.29 is 14.4 Å². The van der Waals surface area contributed by atoms with E-state index in [1.54, 1.807) is 6.07 Å². The highest BCUT2D eigenvalue weighted by molar-refractivity contribution is 5.41. The lowest BCUT2D eigenvalue weighted by Crippen LogP contribution is -2.38. The molecule has 8 heteroatoms. The molecule has 1 aromatic carbocycles. The second-order valence-electron chi connectivity index (χ2n) is 5.96. The Morgan fingerprint density at radius 2 is 2.12 bits per heavy atom. The van der Waals surface area contributed by atoms with Gasteiger partial charge in [0, 0.05) is 32.2 Å². The molecular weight excluding hydrogens is 336 g/mol. The van der Waals surface area contributed by atoms with Crippen molar-refractivity contribution in [2.24, 2.45) is 0 Å². The summed E-state index contributed by atoms with van der Waals surface area (Å²) in [6.07, 6.45) is 1.24. The van der Waals surface area contributed by atoms with Crippen LogP contribution in [0, 0.1) is 10.1 Å². The van der Waals surface area contributed by atoms with Gasteiger partial charge in [0.25, 0.3) is 5.69 Å². The standard InChI is InChI=1S/C18H22N4O4/c23-22(24)16-4-5-18(20-14-16)19-13-15-2-1-3-17(12-15)26-11-8-21-6-9-25-10-7-21/h1-5,12,14H,6-11,13H2,(H,19,20). The third kappa shape index (κ3) is 5.40. The highest BCUT2D eigenvalue weighted by Gasteiger charge is 2.10. The zero-order chi connectivity index (χ0) is 18.2. The minimum absolute atomic E-state index is 0.0220. The van der Waals surface area contributed by atoms with Gasteiger partial charge in [-0.3, -0.25) is 15.0 Å². The zero-order valence-corrected chi connectivity index (χ0v) is 14.5. The van der Waals surface area contributed by atoms with Crippen LogP contribution < -0.4 is 10.1 Å². The molecule has 1 saturated heterocycles. The minimum atomic E-state index is -0.464. The summed E-state index contributed by atoms with van der Waals surface area (Å²) in [6, 6.07) is 10.9. The van der Waals surface area contributed by atoms with Gasteiger partial charge in [-0.1, -0.05) is 12.1 Å². The molecule has 2 heterocycles. The Morgan fingerprint density at radius 1 is 1.27 bits per heavy atom. The van der Waals surface area contributed by atoms with Crippen molar-refractivity contribution >= 4 is 11.5 Å². The Balaban J connectivity index is 1.46. The van der Waals surface area contributed by atoms with E-state index in [1.807, 2.05) is 24.3 Å². The predicted octanol–water partition coefficient (Wildman–Crippen LogP) is 2.31. The van der Waals surface area contributed by atoms with E-state index in [4.69, 9.17) is 9.47 Å². The van der Waals surface area contributed by atoms with Crippen LogP contribution in [-0.2, 0) is 11.3 Å². The lowest BCUT2D eigenvalue weighted by molar-refractivity contribution is -0.385. The molecule has 2 aromatic rings. The molecule has 0 saturated carbocycles. The van der Waals surface area contributed by atoms with Crippen molar-refractivity contribution in [2.75, 3.05) is 44.8 Å². The van der Waals surface area contributed by atoms with Crippen molar-refractivity contribution in [1.82, 2.24) is 9.88 Å². The number of pyridine rings is 1. The molecule has 1 N–H and O–H groups in total. The van der Waals surface area contributed by atoms with E-state index in [2.05, 4.69) is 15.2 Å². The third-order valence-electron chi connectivity index (χ3n) is 4.11. The maximum absolute atomic E-state index is 10.6. The molecule has 138 valence electrons. The van der Waals surface area contributed by atoms with Crippen LogP contribution in [-0.4, -0.2) is 54.3 Å². The van der Waals surface area contributed by atoms with Gasteiger partial charge in [0.15, 0.2) is 0 Å². The number of benzene rings is 1. The summed E-state index contributed by atoms with van der Waals surface area (Å²) in [5, 5.41) is 13.8. The molecule has 0 radical (unpaired) electrons. The highest BCUT2D eigenvalue weighted by atomic mass is 16.6. The topological polar surface area (TPSA) is 89.8 Å². The molecule has 1 aliphatic rings. The molecule has 26 heavy (non-hydrogen) atoms. The number of rotatable bonds is 8. The van der Waals surface area contributed by atoms with Gasteiger partial charge in [-0.2, -0.15) is 0 Å². The summed E-state index contributed by atoms with van der Waals surface area (Å²) in [6.45, 7) is 5.57. The fraction of sp³-hybridized carbons (Fsp3) is 0.389. The van der Waals surface area contributed by atoms with Gasteiger partial charge in [-0.25, -0.2) is 4.98 Å². The van der Waals surface area contributed by atoms with Crippen molar-refractivity contribution in [3.63, 3.8) is 0 Å². The van der Waals surface area contributed by atoms with E-state index in [9.17, 15) is 10.1 Å². The predicted molar refractivity (Wildman–Crippen MR) is 97.4 cm³/mol. The van der Waals surface area contributed by atoms with Gasteiger partial charge in [-0.05, 0) is 23.8 Å². The number of hydrogen-bond acceptors (Lipinski definition) is 7. The van der Waals surface area contributed by atoms with Crippen LogP contribution in [0.5, 0.6) is 5.75 Å². The fourth-order valence-corrected chi connectivity index (χ4v) is 2.65. The van der Waals surface area contributed by atoms with Gasteiger partial charge >= 0.3 is 0 Å². The Bertz CT molecular complexity index is 717. The molecule has 3 rings (SSSR count). The summed E-state index contributed by atoms with van der Waals surface area (Å²) in [4.78, 5) is 16.5. The number of morpholine rings is 1. The first-order valence-electron chi connectivity index (χ1n) is 8.57. The number of ether oxygens (including phenoxy) is 2. The average molecular weight is 358 g/mol. The first-order valence-corrected chi connectivity index (χ1v) is 8.57. The fourth-order valence-electron chi connectivity index (χ4n) is 2.65. The van der Waals surface area contributed by atoms with Crippen LogP contribution >= 0.6 is 0 Å². The van der Waals surface area contributed by atoms with Crippen LogP contribution in [0.15, 0.2) is 42.6 Å². The van der Waals surface area contributed by atoms with Crippen molar-refractivity contribution in [2.45, 2.75) is 6.54 Å². The lowest BCUT2D eigenvalue weighted by atomic mass is 10.2. The van der Waals surface area contributed by atoms with E-state index in [0.717, 1.165) is 44.2 Å². The van der Waals surface area contributed by atoms with Crippen LogP contribution in [0.2, 0.25) is 0 Å². The Labute approximate surface area is 151 Å². The zero-order valence-electron chi connectivity index (χ0n) is 14.5. The molecule has 1 aromatic heterocycles.